The van der Waals surface area contributed by atoms with Gasteiger partial charge in [-0.2, -0.15) is 0 Å². The van der Waals surface area contributed by atoms with E-state index in [0.29, 0.717) is 24.9 Å². The maximum absolute atomic E-state index is 12.4. The summed E-state index contributed by atoms with van der Waals surface area (Å²) in [7, 11) is 0. The van der Waals surface area contributed by atoms with E-state index in [2.05, 4.69) is 34.9 Å². The molecule has 4 rings (SSSR count). The van der Waals surface area contributed by atoms with Crippen LogP contribution in [0, 0.1) is 11.3 Å². The molecule has 1 saturated carbocycles. The van der Waals surface area contributed by atoms with Gasteiger partial charge >= 0.3 is 0 Å². The molecule has 2 heterocycles. The standard InChI is InChI=1S/C20H27N3O2.ClH/c24-18-2-1-11-23(18)14-16-5-3-15(4-6-16)13-22-19(25)17-12-20(17)7-9-21-10-8-20;/h3-6,17,21H,1-2,7-14H2,(H,22,25);1H. The summed E-state index contributed by atoms with van der Waals surface area (Å²) in [5, 5.41) is 6.48. The number of nitrogens with one attached hydrogen (secondary N) is 2. The number of hydrogen-bond donors (Lipinski definition) is 2. The molecule has 2 aliphatic heterocycles. The van der Waals surface area contributed by atoms with Gasteiger partial charge in [-0.25, -0.2) is 0 Å². The van der Waals surface area contributed by atoms with Gasteiger partial charge in [-0.3, -0.25) is 9.59 Å². The van der Waals surface area contributed by atoms with E-state index in [1.54, 1.807) is 0 Å². The van der Waals surface area contributed by atoms with Gasteiger partial charge in [0.25, 0.3) is 0 Å². The number of nitrogens with zero attached hydrogens (tertiary/aromatic N) is 1. The predicted molar refractivity (Wildman–Crippen MR) is 103 cm³/mol. The highest BCUT2D eigenvalue weighted by atomic mass is 35.5. The van der Waals surface area contributed by atoms with Crippen molar-refractivity contribution in [3.8, 4) is 0 Å². The third-order valence-electron chi connectivity index (χ3n) is 6.14. The van der Waals surface area contributed by atoms with Gasteiger partial charge < -0.3 is 15.5 Å². The minimum absolute atomic E-state index is 0. The zero-order valence-corrected chi connectivity index (χ0v) is 15.9. The molecule has 3 aliphatic rings. The molecule has 0 radical (unpaired) electrons. The number of benzene rings is 1. The average molecular weight is 378 g/mol. The van der Waals surface area contributed by atoms with Gasteiger partial charge in [-0.05, 0) is 55.3 Å². The van der Waals surface area contributed by atoms with E-state index in [9.17, 15) is 9.59 Å². The Balaban J connectivity index is 0.00000196. The second-order valence-corrected chi connectivity index (χ2v) is 7.82. The van der Waals surface area contributed by atoms with E-state index in [0.717, 1.165) is 56.4 Å². The molecule has 1 aromatic carbocycles. The summed E-state index contributed by atoms with van der Waals surface area (Å²) in [5.74, 6) is 0.691. The topological polar surface area (TPSA) is 61.4 Å². The first-order valence-corrected chi connectivity index (χ1v) is 9.50. The first-order chi connectivity index (χ1) is 12.2. The number of carbonyl (C=O) groups is 2. The first kappa shape index (κ1) is 19.2. The molecule has 0 aromatic heterocycles. The van der Waals surface area contributed by atoms with E-state index in [1.807, 2.05) is 4.90 Å². The van der Waals surface area contributed by atoms with Crippen LogP contribution in [0.15, 0.2) is 24.3 Å². The average Bonchev–Trinajstić information content (AvgIpc) is 3.17. The van der Waals surface area contributed by atoms with Gasteiger partial charge in [-0.15, -0.1) is 12.4 Å². The van der Waals surface area contributed by atoms with Crippen molar-refractivity contribution < 1.29 is 9.59 Å². The van der Waals surface area contributed by atoms with Crippen molar-refractivity contribution in [3.63, 3.8) is 0 Å². The molecule has 26 heavy (non-hydrogen) atoms. The summed E-state index contributed by atoms with van der Waals surface area (Å²) in [5.41, 5.74) is 2.56. The van der Waals surface area contributed by atoms with Gasteiger partial charge in [0.1, 0.15) is 0 Å². The van der Waals surface area contributed by atoms with Crippen molar-refractivity contribution in [3.05, 3.63) is 35.4 Å². The van der Waals surface area contributed by atoms with Gasteiger partial charge in [0, 0.05) is 32.0 Å². The minimum Gasteiger partial charge on any atom is -0.352 e. The summed E-state index contributed by atoms with van der Waals surface area (Å²) in [6, 6.07) is 8.25. The Morgan fingerprint density at radius 1 is 1.19 bits per heavy atom. The van der Waals surface area contributed by atoms with Crippen LogP contribution in [0.5, 0.6) is 0 Å². The van der Waals surface area contributed by atoms with Crippen LogP contribution >= 0.6 is 12.4 Å². The third kappa shape index (κ3) is 4.04. The van der Waals surface area contributed by atoms with Crippen LogP contribution in [0.3, 0.4) is 0 Å². The molecule has 2 saturated heterocycles. The summed E-state index contributed by atoms with van der Waals surface area (Å²) < 4.78 is 0. The minimum atomic E-state index is 0. The van der Waals surface area contributed by atoms with Crippen LogP contribution in [-0.2, 0) is 22.7 Å². The number of carbonyl (C=O) groups excluding carboxylic acids is 2. The Bertz CT molecular complexity index is 656. The molecule has 1 aliphatic carbocycles. The molecular formula is C20H28ClN3O2. The lowest BCUT2D eigenvalue weighted by Crippen LogP contribution is -2.33. The van der Waals surface area contributed by atoms with Crippen molar-refractivity contribution in [1.29, 1.82) is 0 Å². The molecule has 3 fully saturated rings. The predicted octanol–water partition coefficient (Wildman–Crippen LogP) is 2.24. The fraction of sp³-hybridized carbons (Fsp3) is 0.600. The van der Waals surface area contributed by atoms with Crippen LogP contribution in [0.25, 0.3) is 0 Å². The highest BCUT2D eigenvalue weighted by Crippen LogP contribution is 2.58. The van der Waals surface area contributed by atoms with Crippen molar-refractivity contribution in [2.24, 2.45) is 11.3 Å². The largest absolute Gasteiger partial charge is 0.352 e. The highest BCUT2D eigenvalue weighted by molar-refractivity contribution is 5.85. The molecule has 6 heteroatoms. The molecule has 1 spiro atoms. The Hall–Kier alpha value is -1.59. The Labute approximate surface area is 161 Å². The number of amides is 2. The van der Waals surface area contributed by atoms with Crippen LogP contribution in [-0.4, -0.2) is 36.3 Å². The molecule has 2 amide bonds. The number of piperidine rings is 1. The molecule has 1 aromatic rings. The van der Waals surface area contributed by atoms with E-state index in [-0.39, 0.29) is 30.1 Å². The van der Waals surface area contributed by atoms with Crippen molar-refractivity contribution in [2.45, 2.75) is 45.2 Å². The quantitative estimate of drug-likeness (QED) is 0.827. The normalized spacial score (nSPS) is 23.6. The molecule has 2 N–H and O–H groups in total. The van der Waals surface area contributed by atoms with E-state index >= 15 is 0 Å². The fourth-order valence-electron chi connectivity index (χ4n) is 4.36. The maximum Gasteiger partial charge on any atom is 0.223 e. The Morgan fingerprint density at radius 3 is 2.54 bits per heavy atom. The van der Waals surface area contributed by atoms with Gasteiger partial charge in [0.2, 0.25) is 11.8 Å². The first-order valence-electron chi connectivity index (χ1n) is 9.50. The van der Waals surface area contributed by atoms with E-state index in [1.165, 1.54) is 0 Å². The maximum atomic E-state index is 12.4. The lowest BCUT2D eigenvalue weighted by Gasteiger charge is -2.23. The molecule has 1 unspecified atom stereocenters. The van der Waals surface area contributed by atoms with Gasteiger partial charge in [-0.1, -0.05) is 24.3 Å². The number of halogens is 1. The molecule has 0 bridgehead atoms. The molecule has 142 valence electrons. The van der Waals surface area contributed by atoms with Crippen molar-refractivity contribution >= 4 is 24.2 Å². The van der Waals surface area contributed by atoms with Crippen molar-refractivity contribution in [1.82, 2.24) is 15.5 Å². The number of hydrogen-bond acceptors (Lipinski definition) is 3. The van der Waals surface area contributed by atoms with Crippen molar-refractivity contribution in [2.75, 3.05) is 19.6 Å². The van der Waals surface area contributed by atoms with E-state index in [4.69, 9.17) is 0 Å². The monoisotopic (exact) mass is 377 g/mol. The molecule has 5 nitrogen and oxygen atoms in total. The highest BCUT2D eigenvalue weighted by Gasteiger charge is 2.57. The van der Waals surface area contributed by atoms with Gasteiger partial charge in [0.05, 0.1) is 0 Å². The smallest absolute Gasteiger partial charge is 0.223 e. The van der Waals surface area contributed by atoms with Gasteiger partial charge in [0.15, 0.2) is 0 Å². The summed E-state index contributed by atoms with van der Waals surface area (Å²) in [6.45, 7) is 4.25. The van der Waals surface area contributed by atoms with Crippen LogP contribution < -0.4 is 10.6 Å². The van der Waals surface area contributed by atoms with Crippen LogP contribution in [0.2, 0.25) is 0 Å². The zero-order valence-electron chi connectivity index (χ0n) is 15.1. The number of likely N-dealkylation sites (tertiary alicyclic amines) is 1. The fourth-order valence-corrected chi connectivity index (χ4v) is 4.36. The Morgan fingerprint density at radius 2 is 1.88 bits per heavy atom. The van der Waals surface area contributed by atoms with Crippen LogP contribution in [0.4, 0.5) is 0 Å². The summed E-state index contributed by atoms with van der Waals surface area (Å²) in [4.78, 5) is 26.0. The Kier molecular flexibility index (Phi) is 5.88. The summed E-state index contributed by atoms with van der Waals surface area (Å²) in [6.07, 6.45) is 4.98. The molecular weight excluding hydrogens is 350 g/mol. The second kappa shape index (κ2) is 7.97. The SMILES string of the molecule is Cl.O=C(NCc1ccc(CN2CCCC2=O)cc1)C1CC12CCNCC2. The summed E-state index contributed by atoms with van der Waals surface area (Å²) >= 11 is 0. The second-order valence-electron chi connectivity index (χ2n) is 7.82. The van der Waals surface area contributed by atoms with Crippen LogP contribution in [0.1, 0.15) is 43.2 Å². The lowest BCUT2D eigenvalue weighted by molar-refractivity contribution is -0.128. The lowest BCUT2D eigenvalue weighted by atomic mass is 9.92. The van der Waals surface area contributed by atoms with E-state index < -0.39 is 0 Å². The third-order valence-corrected chi connectivity index (χ3v) is 6.14. The number of rotatable bonds is 5. The zero-order chi connectivity index (χ0) is 17.3. The molecule has 1 atom stereocenters.